The van der Waals surface area contributed by atoms with Crippen LogP contribution in [0, 0.1) is 11.3 Å². The summed E-state index contributed by atoms with van der Waals surface area (Å²) >= 11 is 3.04. The number of carboxylic acid groups (broad SMARTS) is 1. The standard InChI is InChI=1S/C5H6BrNO2/c6-4(1-2-7)3-5(8)9/h4H,1,3H2,(H,8,9). The van der Waals surface area contributed by atoms with Crippen molar-refractivity contribution in [3.8, 4) is 6.07 Å². The van der Waals surface area contributed by atoms with Crippen LogP contribution in [0.1, 0.15) is 12.8 Å². The van der Waals surface area contributed by atoms with Gasteiger partial charge in [-0.2, -0.15) is 5.26 Å². The Bertz CT molecular complexity index is 140. The smallest absolute Gasteiger partial charge is 0.304 e. The van der Waals surface area contributed by atoms with E-state index in [1.54, 1.807) is 0 Å². The number of halogens is 1. The summed E-state index contributed by atoms with van der Waals surface area (Å²) in [5, 5.41) is 16.2. The van der Waals surface area contributed by atoms with E-state index < -0.39 is 5.97 Å². The Labute approximate surface area is 61.4 Å². The molecule has 0 saturated heterocycles. The topological polar surface area (TPSA) is 61.1 Å². The van der Waals surface area contributed by atoms with E-state index in [0.717, 1.165) is 0 Å². The van der Waals surface area contributed by atoms with E-state index in [2.05, 4.69) is 15.9 Å². The van der Waals surface area contributed by atoms with Gasteiger partial charge < -0.3 is 5.11 Å². The second-order valence-corrected chi connectivity index (χ2v) is 2.85. The zero-order valence-corrected chi connectivity index (χ0v) is 6.26. The number of aliphatic carboxylic acids is 1. The van der Waals surface area contributed by atoms with Crippen LogP contribution in [-0.4, -0.2) is 15.9 Å². The quantitative estimate of drug-likeness (QED) is 0.682. The molecule has 0 aliphatic carbocycles. The summed E-state index contributed by atoms with van der Waals surface area (Å²) in [6.45, 7) is 0. The molecule has 3 nitrogen and oxygen atoms in total. The third-order valence-corrected chi connectivity index (χ3v) is 1.36. The van der Waals surface area contributed by atoms with Crippen molar-refractivity contribution in [2.45, 2.75) is 17.7 Å². The molecule has 0 aromatic carbocycles. The predicted octanol–water partition coefficient (Wildman–Crippen LogP) is 1.14. The first-order chi connectivity index (χ1) is 4.16. The number of carbonyl (C=O) groups is 1. The van der Waals surface area contributed by atoms with Crippen molar-refractivity contribution in [2.75, 3.05) is 0 Å². The van der Waals surface area contributed by atoms with Gasteiger partial charge in [-0.25, -0.2) is 0 Å². The van der Waals surface area contributed by atoms with Crippen molar-refractivity contribution in [3.05, 3.63) is 0 Å². The summed E-state index contributed by atoms with van der Waals surface area (Å²) in [6.07, 6.45) is 0.250. The van der Waals surface area contributed by atoms with Crippen molar-refractivity contribution in [1.29, 1.82) is 5.26 Å². The van der Waals surface area contributed by atoms with Crippen LogP contribution < -0.4 is 0 Å². The Balaban J connectivity index is 3.40. The van der Waals surface area contributed by atoms with E-state index in [4.69, 9.17) is 10.4 Å². The SMILES string of the molecule is N#CCC(Br)CC(=O)O. The first kappa shape index (κ1) is 8.44. The molecule has 0 fully saturated rings. The molecule has 0 aromatic heterocycles. The Morgan fingerprint density at radius 1 is 1.89 bits per heavy atom. The van der Waals surface area contributed by atoms with E-state index >= 15 is 0 Å². The maximum atomic E-state index is 9.95. The molecule has 0 aliphatic rings. The van der Waals surface area contributed by atoms with E-state index in [-0.39, 0.29) is 17.7 Å². The number of nitrogens with zero attached hydrogens (tertiary/aromatic N) is 1. The Hall–Kier alpha value is -0.560. The second-order valence-electron chi connectivity index (χ2n) is 1.56. The van der Waals surface area contributed by atoms with Crippen LogP contribution in [-0.2, 0) is 4.79 Å². The number of rotatable bonds is 3. The molecule has 4 heteroatoms. The van der Waals surface area contributed by atoms with Gasteiger partial charge in [-0.05, 0) is 0 Å². The summed E-state index contributed by atoms with van der Waals surface area (Å²) in [4.78, 5) is 9.74. The highest BCUT2D eigenvalue weighted by Gasteiger charge is 2.07. The average molecular weight is 192 g/mol. The fraction of sp³-hybridized carbons (Fsp3) is 0.600. The van der Waals surface area contributed by atoms with Crippen LogP contribution in [0.2, 0.25) is 0 Å². The third kappa shape index (κ3) is 5.31. The normalized spacial score (nSPS) is 12.0. The molecular formula is C5H6BrNO2. The molecule has 9 heavy (non-hydrogen) atoms. The van der Waals surface area contributed by atoms with Gasteiger partial charge >= 0.3 is 5.97 Å². The number of hydrogen-bond donors (Lipinski definition) is 1. The van der Waals surface area contributed by atoms with Gasteiger partial charge in [0, 0.05) is 11.2 Å². The largest absolute Gasteiger partial charge is 0.481 e. The molecular weight excluding hydrogens is 186 g/mol. The lowest BCUT2D eigenvalue weighted by molar-refractivity contribution is -0.136. The van der Waals surface area contributed by atoms with Gasteiger partial charge in [0.15, 0.2) is 0 Å². The fourth-order valence-electron chi connectivity index (χ4n) is 0.361. The predicted molar refractivity (Wildman–Crippen MR) is 35.2 cm³/mol. The van der Waals surface area contributed by atoms with E-state index in [1.807, 2.05) is 6.07 Å². The fourth-order valence-corrected chi connectivity index (χ4v) is 0.782. The molecule has 0 rings (SSSR count). The van der Waals surface area contributed by atoms with Crippen molar-refractivity contribution >= 4 is 21.9 Å². The molecule has 0 bridgehead atoms. The zero-order chi connectivity index (χ0) is 7.28. The number of nitriles is 1. The minimum atomic E-state index is -0.882. The highest BCUT2D eigenvalue weighted by atomic mass is 79.9. The van der Waals surface area contributed by atoms with Gasteiger partial charge in [-0.15, -0.1) is 0 Å². The molecule has 0 saturated carbocycles. The minimum absolute atomic E-state index is 0.00750. The molecule has 1 unspecified atom stereocenters. The molecule has 0 amide bonds. The van der Waals surface area contributed by atoms with E-state index in [9.17, 15) is 4.79 Å². The molecule has 1 atom stereocenters. The molecule has 0 spiro atoms. The minimum Gasteiger partial charge on any atom is -0.481 e. The zero-order valence-electron chi connectivity index (χ0n) is 4.67. The number of hydrogen-bond acceptors (Lipinski definition) is 2. The summed E-state index contributed by atoms with van der Waals surface area (Å²) in [6, 6.07) is 1.86. The summed E-state index contributed by atoms with van der Waals surface area (Å²) in [5.41, 5.74) is 0. The Morgan fingerprint density at radius 2 is 2.44 bits per heavy atom. The maximum Gasteiger partial charge on any atom is 0.304 e. The van der Waals surface area contributed by atoms with Gasteiger partial charge in [-0.1, -0.05) is 15.9 Å². The van der Waals surface area contributed by atoms with Crippen LogP contribution in [0.5, 0.6) is 0 Å². The van der Waals surface area contributed by atoms with E-state index in [1.165, 1.54) is 0 Å². The summed E-state index contributed by atoms with van der Waals surface area (Å²) < 4.78 is 0. The highest BCUT2D eigenvalue weighted by molar-refractivity contribution is 9.09. The van der Waals surface area contributed by atoms with Crippen LogP contribution in [0.3, 0.4) is 0 Å². The second kappa shape index (κ2) is 4.33. The summed E-state index contributed by atoms with van der Waals surface area (Å²) in [7, 11) is 0. The Morgan fingerprint density at radius 3 is 2.78 bits per heavy atom. The monoisotopic (exact) mass is 191 g/mol. The van der Waals surface area contributed by atoms with Gasteiger partial charge in [0.2, 0.25) is 0 Å². The molecule has 50 valence electrons. The van der Waals surface area contributed by atoms with Crippen molar-refractivity contribution < 1.29 is 9.90 Å². The number of carboxylic acids is 1. The van der Waals surface area contributed by atoms with Gasteiger partial charge in [-0.3, -0.25) is 4.79 Å². The van der Waals surface area contributed by atoms with Gasteiger partial charge in [0.25, 0.3) is 0 Å². The molecule has 0 aliphatic heterocycles. The summed E-state index contributed by atoms with van der Waals surface area (Å²) in [5.74, 6) is -0.882. The first-order valence-corrected chi connectivity index (χ1v) is 3.31. The van der Waals surface area contributed by atoms with E-state index in [0.29, 0.717) is 0 Å². The molecule has 0 heterocycles. The lowest BCUT2D eigenvalue weighted by atomic mass is 10.2. The lowest BCUT2D eigenvalue weighted by Crippen LogP contribution is -2.04. The van der Waals surface area contributed by atoms with Gasteiger partial charge in [0.05, 0.1) is 12.5 Å². The van der Waals surface area contributed by atoms with Crippen LogP contribution in [0.4, 0.5) is 0 Å². The maximum absolute atomic E-state index is 9.95. The van der Waals surface area contributed by atoms with Crippen LogP contribution in [0.25, 0.3) is 0 Å². The van der Waals surface area contributed by atoms with Crippen molar-refractivity contribution in [2.24, 2.45) is 0 Å². The molecule has 0 radical (unpaired) electrons. The number of alkyl halides is 1. The van der Waals surface area contributed by atoms with Crippen molar-refractivity contribution in [3.63, 3.8) is 0 Å². The average Bonchev–Trinajstić information content (AvgIpc) is 1.63. The van der Waals surface area contributed by atoms with Gasteiger partial charge in [0.1, 0.15) is 0 Å². The third-order valence-electron chi connectivity index (χ3n) is 0.709. The van der Waals surface area contributed by atoms with Crippen LogP contribution >= 0.6 is 15.9 Å². The van der Waals surface area contributed by atoms with Crippen molar-refractivity contribution in [1.82, 2.24) is 0 Å². The Kier molecular flexibility index (Phi) is 4.06. The molecule has 1 N–H and O–H groups in total. The first-order valence-electron chi connectivity index (χ1n) is 2.39. The van der Waals surface area contributed by atoms with Crippen LogP contribution in [0.15, 0.2) is 0 Å². The lowest BCUT2D eigenvalue weighted by Gasteiger charge is -1.97. The molecule has 0 aromatic rings. The highest BCUT2D eigenvalue weighted by Crippen LogP contribution is 2.07.